The van der Waals surface area contributed by atoms with E-state index in [9.17, 15) is 4.79 Å². The third-order valence-corrected chi connectivity index (χ3v) is 3.77. The van der Waals surface area contributed by atoms with Crippen molar-refractivity contribution in [3.8, 4) is 5.75 Å². The molecule has 0 radical (unpaired) electrons. The summed E-state index contributed by atoms with van der Waals surface area (Å²) in [5.74, 6) is 1.36. The van der Waals surface area contributed by atoms with Crippen molar-refractivity contribution in [3.05, 3.63) is 18.2 Å². The molecule has 1 heterocycles. The van der Waals surface area contributed by atoms with Gasteiger partial charge < -0.3 is 21.1 Å². The van der Waals surface area contributed by atoms with E-state index in [1.807, 2.05) is 0 Å². The Morgan fingerprint density at radius 1 is 1.45 bits per heavy atom. The molecule has 0 aliphatic carbocycles. The second-order valence-electron chi connectivity index (χ2n) is 5.23. The summed E-state index contributed by atoms with van der Waals surface area (Å²) >= 11 is 0. The minimum Gasteiger partial charge on any atom is -0.497 e. The largest absolute Gasteiger partial charge is 0.497 e. The Labute approximate surface area is 119 Å². The van der Waals surface area contributed by atoms with Crippen LogP contribution in [0.25, 0.3) is 0 Å². The molecule has 5 nitrogen and oxygen atoms in total. The SMILES string of the molecule is COc1ccc(N)c(NC(=O)CCC2CCNCC2)c1. The maximum absolute atomic E-state index is 12.0. The van der Waals surface area contributed by atoms with E-state index in [-0.39, 0.29) is 5.91 Å². The molecule has 1 saturated heterocycles. The summed E-state index contributed by atoms with van der Waals surface area (Å²) in [6, 6.07) is 5.26. The number of anilines is 2. The highest BCUT2D eigenvalue weighted by Crippen LogP contribution is 2.25. The Bertz CT molecular complexity index is 456. The van der Waals surface area contributed by atoms with Crippen molar-refractivity contribution in [2.45, 2.75) is 25.7 Å². The van der Waals surface area contributed by atoms with E-state index in [4.69, 9.17) is 10.5 Å². The van der Waals surface area contributed by atoms with E-state index < -0.39 is 0 Å². The number of nitrogens with one attached hydrogen (secondary N) is 2. The van der Waals surface area contributed by atoms with Crippen molar-refractivity contribution >= 4 is 17.3 Å². The summed E-state index contributed by atoms with van der Waals surface area (Å²) in [7, 11) is 1.59. The van der Waals surface area contributed by atoms with Crippen LogP contribution in [0.5, 0.6) is 5.75 Å². The zero-order valence-electron chi connectivity index (χ0n) is 11.9. The minimum absolute atomic E-state index is 0.0171. The van der Waals surface area contributed by atoms with Gasteiger partial charge in [-0.15, -0.1) is 0 Å². The van der Waals surface area contributed by atoms with Gasteiger partial charge in [0.1, 0.15) is 5.75 Å². The lowest BCUT2D eigenvalue weighted by atomic mass is 9.93. The van der Waals surface area contributed by atoms with Crippen molar-refractivity contribution in [3.63, 3.8) is 0 Å². The van der Waals surface area contributed by atoms with Gasteiger partial charge in [-0.2, -0.15) is 0 Å². The van der Waals surface area contributed by atoms with E-state index in [0.29, 0.717) is 29.5 Å². The zero-order valence-corrected chi connectivity index (χ0v) is 11.9. The first-order valence-corrected chi connectivity index (χ1v) is 7.13. The molecule has 0 spiro atoms. The molecule has 1 aromatic rings. The van der Waals surface area contributed by atoms with Crippen LogP contribution in [-0.4, -0.2) is 26.1 Å². The average Bonchev–Trinajstić information content (AvgIpc) is 2.48. The monoisotopic (exact) mass is 277 g/mol. The maximum atomic E-state index is 12.0. The number of ether oxygens (including phenoxy) is 1. The van der Waals surface area contributed by atoms with Crippen molar-refractivity contribution in [1.82, 2.24) is 5.32 Å². The molecule has 110 valence electrons. The van der Waals surface area contributed by atoms with Crippen molar-refractivity contribution < 1.29 is 9.53 Å². The summed E-state index contributed by atoms with van der Waals surface area (Å²) in [6.45, 7) is 2.13. The topological polar surface area (TPSA) is 76.4 Å². The quantitative estimate of drug-likeness (QED) is 0.719. The van der Waals surface area contributed by atoms with Gasteiger partial charge in [0, 0.05) is 12.5 Å². The van der Waals surface area contributed by atoms with Gasteiger partial charge in [0.05, 0.1) is 18.5 Å². The Morgan fingerprint density at radius 3 is 2.90 bits per heavy atom. The van der Waals surface area contributed by atoms with E-state index in [1.54, 1.807) is 25.3 Å². The Kier molecular flexibility index (Phi) is 5.24. The van der Waals surface area contributed by atoms with Gasteiger partial charge in [-0.3, -0.25) is 4.79 Å². The van der Waals surface area contributed by atoms with Gasteiger partial charge in [-0.25, -0.2) is 0 Å². The first-order valence-electron chi connectivity index (χ1n) is 7.13. The fourth-order valence-corrected chi connectivity index (χ4v) is 2.49. The number of nitrogen functional groups attached to an aromatic ring is 1. The number of carbonyl (C=O) groups excluding carboxylic acids is 1. The predicted molar refractivity (Wildman–Crippen MR) is 80.9 cm³/mol. The normalized spacial score (nSPS) is 15.8. The molecule has 1 amide bonds. The number of rotatable bonds is 5. The predicted octanol–water partition coefficient (Wildman–Crippen LogP) is 2.00. The smallest absolute Gasteiger partial charge is 0.224 e. The molecule has 1 aromatic carbocycles. The summed E-state index contributed by atoms with van der Waals surface area (Å²) in [6.07, 6.45) is 3.81. The zero-order chi connectivity index (χ0) is 14.4. The summed E-state index contributed by atoms with van der Waals surface area (Å²) in [5.41, 5.74) is 7.03. The van der Waals surface area contributed by atoms with Gasteiger partial charge in [-0.05, 0) is 50.4 Å². The van der Waals surface area contributed by atoms with Crippen LogP contribution in [0.1, 0.15) is 25.7 Å². The maximum Gasteiger partial charge on any atom is 0.224 e. The highest BCUT2D eigenvalue weighted by atomic mass is 16.5. The van der Waals surface area contributed by atoms with Crippen LogP contribution in [0.2, 0.25) is 0 Å². The molecule has 5 heteroatoms. The molecule has 1 aliphatic rings. The van der Waals surface area contributed by atoms with Crippen LogP contribution >= 0.6 is 0 Å². The van der Waals surface area contributed by atoms with E-state index in [1.165, 1.54) is 0 Å². The molecule has 20 heavy (non-hydrogen) atoms. The van der Waals surface area contributed by atoms with Gasteiger partial charge in [0.25, 0.3) is 0 Å². The Hall–Kier alpha value is -1.75. The number of methoxy groups -OCH3 is 1. The van der Waals surface area contributed by atoms with Crippen LogP contribution in [0.4, 0.5) is 11.4 Å². The summed E-state index contributed by atoms with van der Waals surface area (Å²) < 4.78 is 5.13. The fraction of sp³-hybridized carbons (Fsp3) is 0.533. The lowest BCUT2D eigenvalue weighted by Crippen LogP contribution is -2.28. The molecule has 1 fully saturated rings. The Balaban J connectivity index is 1.84. The molecule has 1 aliphatic heterocycles. The molecule has 4 N–H and O–H groups in total. The molecule has 0 saturated carbocycles. The number of hydrogen-bond donors (Lipinski definition) is 3. The van der Waals surface area contributed by atoms with Gasteiger partial charge in [0.2, 0.25) is 5.91 Å². The number of amides is 1. The highest BCUT2D eigenvalue weighted by Gasteiger charge is 2.15. The second-order valence-corrected chi connectivity index (χ2v) is 5.23. The fourth-order valence-electron chi connectivity index (χ4n) is 2.49. The van der Waals surface area contributed by atoms with Crippen molar-refractivity contribution in [2.75, 3.05) is 31.2 Å². The van der Waals surface area contributed by atoms with Crippen LogP contribution in [0, 0.1) is 5.92 Å². The third-order valence-electron chi connectivity index (χ3n) is 3.77. The molecular weight excluding hydrogens is 254 g/mol. The number of nitrogens with two attached hydrogens (primary N) is 1. The third kappa shape index (κ3) is 4.13. The number of benzene rings is 1. The van der Waals surface area contributed by atoms with Crippen LogP contribution < -0.4 is 21.1 Å². The molecule has 0 atom stereocenters. The lowest BCUT2D eigenvalue weighted by molar-refractivity contribution is -0.116. The van der Waals surface area contributed by atoms with E-state index >= 15 is 0 Å². The van der Waals surface area contributed by atoms with Gasteiger partial charge in [0.15, 0.2) is 0 Å². The summed E-state index contributed by atoms with van der Waals surface area (Å²) in [4.78, 5) is 12.0. The van der Waals surface area contributed by atoms with Gasteiger partial charge >= 0.3 is 0 Å². The molecular formula is C15H23N3O2. The summed E-state index contributed by atoms with van der Waals surface area (Å²) in [5, 5.41) is 6.20. The molecule has 0 unspecified atom stereocenters. The first-order chi connectivity index (χ1) is 9.69. The van der Waals surface area contributed by atoms with E-state index in [0.717, 1.165) is 32.4 Å². The first kappa shape index (κ1) is 14.7. The highest BCUT2D eigenvalue weighted by molar-refractivity contribution is 5.94. The van der Waals surface area contributed by atoms with Gasteiger partial charge in [-0.1, -0.05) is 0 Å². The van der Waals surface area contributed by atoms with Crippen LogP contribution in [0.15, 0.2) is 18.2 Å². The minimum atomic E-state index is 0.0171. The average molecular weight is 277 g/mol. The van der Waals surface area contributed by atoms with Crippen molar-refractivity contribution in [2.24, 2.45) is 5.92 Å². The van der Waals surface area contributed by atoms with Crippen LogP contribution in [0.3, 0.4) is 0 Å². The number of piperidine rings is 1. The standard InChI is InChI=1S/C15H23N3O2/c1-20-12-3-4-13(16)14(10-12)18-15(19)5-2-11-6-8-17-9-7-11/h3-4,10-11,17H,2,5-9,16H2,1H3,(H,18,19). The second kappa shape index (κ2) is 7.14. The molecule has 2 rings (SSSR count). The Morgan fingerprint density at radius 2 is 2.20 bits per heavy atom. The van der Waals surface area contributed by atoms with E-state index in [2.05, 4.69) is 10.6 Å². The number of hydrogen-bond acceptors (Lipinski definition) is 4. The molecule has 0 aromatic heterocycles. The van der Waals surface area contributed by atoms with Crippen LogP contribution in [-0.2, 0) is 4.79 Å². The van der Waals surface area contributed by atoms with Crippen molar-refractivity contribution in [1.29, 1.82) is 0 Å². The number of carbonyl (C=O) groups is 1. The lowest BCUT2D eigenvalue weighted by Gasteiger charge is -2.22. The molecule has 0 bridgehead atoms.